The van der Waals surface area contributed by atoms with Crippen LogP contribution in [0.15, 0.2) is 47.4 Å². The number of morpholine rings is 1. The first kappa shape index (κ1) is 22.5. The maximum absolute atomic E-state index is 13.0. The Kier molecular flexibility index (Phi) is 5.84. The summed E-state index contributed by atoms with van der Waals surface area (Å²) in [5.74, 6) is 0.257. The second kappa shape index (κ2) is 8.82. The van der Waals surface area contributed by atoms with E-state index in [2.05, 4.69) is 10.3 Å². The minimum Gasteiger partial charge on any atom is -0.379 e. The number of carbonyl (C=O) groups is 2. The van der Waals surface area contributed by atoms with E-state index in [4.69, 9.17) is 4.74 Å². The molecule has 0 atom stereocenters. The SMILES string of the molecule is Cn1c(CCC(=O)N2CC(=O)Nc3ccccc32)nc2cc(S(=O)(=O)N3CCOCC3)ccc21. The highest BCUT2D eigenvalue weighted by Crippen LogP contribution is 2.30. The van der Waals surface area contributed by atoms with Crippen LogP contribution in [0.3, 0.4) is 0 Å². The quantitative estimate of drug-likeness (QED) is 0.589. The molecule has 2 aromatic carbocycles. The molecule has 178 valence electrons. The van der Waals surface area contributed by atoms with Gasteiger partial charge in [0.1, 0.15) is 12.4 Å². The number of rotatable bonds is 5. The van der Waals surface area contributed by atoms with Gasteiger partial charge in [0.2, 0.25) is 21.8 Å². The summed E-state index contributed by atoms with van der Waals surface area (Å²) in [5, 5.41) is 2.78. The van der Waals surface area contributed by atoms with E-state index in [-0.39, 0.29) is 29.7 Å². The Balaban J connectivity index is 1.35. The number of fused-ring (bicyclic) bond motifs is 2. The van der Waals surface area contributed by atoms with Crippen LogP contribution < -0.4 is 10.2 Å². The normalized spacial score (nSPS) is 17.0. The second-order valence-electron chi connectivity index (χ2n) is 8.30. The second-order valence-corrected chi connectivity index (χ2v) is 10.2. The van der Waals surface area contributed by atoms with Crippen molar-refractivity contribution in [2.75, 3.05) is 43.1 Å². The number of nitrogens with zero attached hydrogens (tertiary/aromatic N) is 4. The molecular weight excluding hydrogens is 458 g/mol. The first-order chi connectivity index (χ1) is 16.3. The lowest BCUT2D eigenvalue weighted by Gasteiger charge is -2.29. The molecule has 5 rings (SSSR count). The number of amides is 2. The van der Waals surface area contributed by atoms with Gasteiger partial charge in [-0.05, 0) is 30.3 Å². The summed E-state index contributed by atoms with van der Waals surface area (Å²) in [4.78, 5) is 31.3. The minimum absolute atomic E-state index is 0.0266. The number of hydrogen-bond acceptors (Lipinski definition) is 6. The number of para-hydroxylation sites is 2. The van der Waals surface area contributed by atoms with Gasteiger partial charge in [-0.25, -0.2) is 13.4 Å². The highest BCUT2D eigenvalue weighted by atomic mass is 32.2. The molecule has 2 aliphatic heterocycles. The lowest BCUT2D eigenvalue weighted by molar-refractivity contribution is -0.121. The van der Waals surface area contributed by atoms with Crippen LogP contribution in [0.5, 0.6) is 0 Å². The highest BCUT2D eigenvalue weighted by molar-refractivity contribution is 7.89. The van der Waals surface area contributed by atoms with Crippen molar-refractivity contribution in [1.29, 1.82) is 0 Å². The third-order valence-electron chi connectivity index (χ3n) is 6.19. The molecule has 3 aromatic rings. The predicted molar refractivity (Wildman–Crippen MR) is 126 cm³/mol. The van der Waals surface area contributed by atoms with Crippen molar-refractivity contribution in [3.63, 3.8) is 0 Å². The maximum atomic E-state index is 13.0. The van der Waals surface area contributed by atoms with Gasteiger partial charge in [-0.15, -0.1) is 0 Å². The van der Waals surface area contributed by atoms with E-state index in [1.54, 1.807) is 36.4 Å². The maximum Gasteiger partial charge on any atom is 0.244 e. The first-order valence-corrected chi connectivity index (χ1v) is 12.5. The number of sulfonamides is 1. The topological polar surface area (TPSA) is 114 Å². The zero-order valence-electron chi connectivity index (χ0n) is 18.7. The molecule has 1 aromatic heterocycles. The monoisotopic (exact) mass is 483 g/mol. The Morgan fingerprint density at radius 1 is 1.15 bits per heavy atom. The number of hydrogen-bond donors (Lipinski definition) is 1. The largest absolute Gasteiger partial charge is 0.379 e. The van der Waals surface area contributed by atoms with Gasteiger partial charge in [0.15, 0.2) is 0 Å². The van der Waals surface area contributed by atoms with Crippen molar-refractivity contribution < 1.29 is 22.7 Å². The molecule has 1 saturated heterocycles. The molecule has 0 aliphatic carbocycles. The van der Waals surface area contributed by atoms with Gasteiger partial charge in [-0.2, -0.15) is 4.31 Å². The first-order valence-electron chi connectivity index (χ1n) is 11.1. The summed E-state index contributed by atoms with van der Waals surface area (Å²) in [6.07, 6.45) is 0.521. The fourth-order valence-corrected chi connectivity index (χ4v) is 5.79. The van der Waals surface area contributed by atoms with Gasteiger partial charge in [-0.1, -0.05) is 12.1 Å². The van der Waals surface area contributed by atoms with E-state index < -0.39 is 10.0 Å². The molecule has 0 radical (unpaired) electrons. The average Bonchev–Trinajstić information content (AvgIpc) is 3.17. The van der Waals surface area contributed by atoms with Gasteiger partial charge in [0.25, 0.3) is 0 Å². The Bertz CT molecular complexity index is 1380. The molecule has 3 heterocycles. The van der Waals surface area contributed by atoms with Crippen molar-refractivity contribution in [2.45, 2.75) is 17.7 Å². The number of aromatic nitrogens is 2. The molecule has 0 saturated carbocycles. The van der Waals surface area contributed by atoms with Gasteiger partial charge in [-0.3, -0.25) is 9.59 Å². The fraction of sp³-hybridized carbons (Fsp3) is 0.348. The Hall–Kier alpha value is -3.28. The van der Waals surface area contributed by atoms with Crippen LogP contribution in [0.1, 0.15) is 12.2 Å². The number of aryl methyl sites for hydroxylation is 2. The number of nitrogens with one attached hydrogen (secondary N) is 1. The van der Waals surface area contributed by atoms with Crippen LogP contribution in [0.25, 0.3) is 11.0 Å². The minimum atomic E-state index is -3.63. The summed E-state index contributed by atoms with van der Waals surface area (Å²) < 4.78 is 34.5. The van der Waals surface area contributed by atoms with Gasteiger partial charge < -0.3 is 19.5 Å². The van der Waals surface area contributed by atoms with Crippen molar-refractivity contribution >= 4 is 44.2 Å². The molecule has 34 heavy (non-hydrogen) atoms. The van der Waals surface area contributed by atoms with Gasteiger partial charge in [0.05, 0.1) is 40.5 Å². The number of ether oxygens (including phenoxy) is 1. The van der Waals surface area contributed by atoms with Gasteiger partial charge >= 0.3 is 0 Å². The summed E-state index contributed by atoms with van der Waals surface area (Å²) in [7, 11) is -1.78. The van der Waals surface area contributed by atoms with Gasteiger partial charge in [0, 0.05) is 33.0 Å². The smallest absolute Gasteiger partial charge is 0.244 e. The van der Waals surface area contributed by atoms with Crippen LogP contribution in [0, 0.1) is 0 Å². The molecule has 0 bridgehead atoms. The van der Waals surface area contributed by atoms with E-state index in [1.807, 2.05) is 17.7 Å². The summed E-state index contributed by atoms with van der Waals surface area (Å²) in [6, 6.07) is 12.1. The molecular formula is C23H25N5O5S. The number of anilines is 2. The zero-order chi connectivity index (χ0) is 23.9. The summed E-state index contributed by atoms with van der Waals surface area (Å²) >= 11 is 0. The Labute approximate surface area is 197 Å². The van der Waals surface area contributed by atoms with Crippen LogP contribution in [-0.2, 0) is 37.8 Å². The molecule has 1 N–H and O–H groups in total. The van der Waals surface area contributed by atoms with E-state index in [0.717, 1.165) is 5.52 Å². The van der Waals surface area contributed by atoms with E-state index in [1.165, 1.54) is 9.21 Å². The fourth-order valence-electron chi connectivity index (χ4n) is 4.36. The molecule has 2 aliphatic rings. The van der Waals surface area contributed by atoms with Crippen LogP contribution >= 0.6 is 0 Å². The number of benzene rings is 2. The number of imidazole rings is 1. The van der Waals surface area contributed by atoms with E-state index in [0.29, 0.717) is 55.4 Å². The molecule has 0 spiro atoms. The molecule has 2 amide bonds. The van der Waals surface area contributed by atoms with Crippen LogP contribution in [-0.4, -0.2) is 66.9 Å². The highest BCUT2D eigenvalue weighted by Gasteiger charge is 2.28. The molecule has 10 nitrogen and oxygen atoms in total. The molecule has 1 fully saturated rings. The van der Waals surface area contributed by atoms with Crippen molar-refractivity contribution in [3.8, 4) is 0 Å². The van der Waals surface area contributed by atoms with Crippen LogP contribution in [0.2, 0.25) is 0 Å². The summed E-state index contributed by atoms with van der Waals surface area (Å²) in [5.41, 5.74) is 2.63. The lowest BCUT2D eigenvalue weighted by atomic mass is 10.1. The lowest BCUT2D eigenvalue weighted by Crippen LogP contribution is -2.42. The van der Waals surface area contributed by atoms with E-state index in [9.17, 15) is 18.0 Å². The average molecular weight is 484 g/mol. The third-order valence-corrected chi connectivity index (χ3v) is 8.08. The van der Waals surface area contributed by atoms with E-state index >= 15 is 0 Å². The van der Waals surface area contributed by atoms with Crippen molar-refractivity contribution in [2.24, 2.45) is 7.05 Å². The van der Waals surface area contributed by atoms with Crippen molar-refractivity contribution in [1.82, 2.24) is 13.9 Å². The van der Waals surface area contributed by atoms with Crippen molar-refractivity contribution in [3.05, 3.63) is 48.3 Å². The third kappa shape index (κ3) is 4.06. The Morgan fingerprint density at radius 2 is 1.91 bits per heavy atom. The predicted octanol–water partition coefficient (Wildman–Crippen LogP) is 1.51. The number of carbonyl (C=O) groups excluding carboxylic acids is 2. The summed E-state index contributed by atoms with van der Waals surface area (Å²) in [6.45, 7) is 1.39. The molecule has 0 unspecified atom stereocenters. The molecule has 11 heteroatoms. The van der Waals surface area contributed by atoms with Crippen LogP contribution in [0.4, 0.5) is 11.4 Å². The Morgan fingerprint density at radius 3 is 2.71 bits per heavy atom. The zero-order valence-corrected chi connectivity index (χ0v) is 19.5. The standard InChI is InChI=1S/C23H25N5O5S/c1-26-19-7-6-16(34(31,32)27-10-12-33-13-11-27)14-18(19)24-21(26)8-9-23(30)28-15-22(29)25-17-4-2-3-5-20(17)28/h2-7,14H,8-13,15H2,1H3,(H,25,29).